The molecule has 1 N–H and O–H groups in total. The predicted molar refractivity (Wildman–Crippen MR) is 108 cm³/mol. The maximum Gasteiger partial charge on any atom is 0.272 e. The molecule has 2 aromatic heterocycles. The van der Waals surface area contributed by atoms with Crippen LogP contribution in [0.15, 0.2) is 47.1 Å². The van der Waals surface area contributed by atoms with Crippen LogP contribution in [0.3, 0.4) is 0 Å². The molecule has 6 nitrogen and oxygen atoms in total. The van der Waals surface area contributed by atoms with Gasteiger partial charge in [0.15, 0.2) is 5.69 Å². The second-order valence-electron chi connectivity index (χ2n) is 7.57. The molecule has 2 heterocycles. The zero-order chi connectivity index (χ0) is 20.4. The van der Waals surface area contributed by atoms with Crippen LogP contribution in [0.25, 0.3) is 5.69 Å². The lowest BCUT2D eigenvalue weighted by atomic mass is 9.95. The number of nitrogens with one attached hydrogen (secondary N) is 1. The van der Waals surface area contributed by atoms with Crippen molar-refractivity contribution in [2.24, 2.45) is 0 Å². The highest BCUT2D eigenvalue weighted by Gasteiger charge is 2.26. The number of fused-ring (bicyclic) bond motifs is 1. The summed E-state index contributed by atoms with van der Waals surface area (Å²) < 4.78 is 20.6. The summed E-state index contributed by atoms with van der Waals surface area (Å²) in [7, 11) is 3.90. The van der Waals surface area contributed by atoms with E-state index in [0.29, 0.717) is 12.2 Å². The Bertz CT molecular complexity index is 977. The standard InChI is InChI=1S/C22H25FN4O2/c1-26(2)19(20-8-5-13-29-20)14-24-22(28)21-17-6-3-4-7-18(17)27(25-21)16-11-9-15(23)10-12-16/h5,8-13,19H,3-4,6-7,14H2,1-2H3,(H,24,28). The first-order chi connectivity index (χ1) is 14.0. The zero-order valence-corrected chi connectivity index (χ0v) is 16.7. The number of rotatable bonds is 6. The molecule has 0 aliphatic heterocycles. The molecule has 0 fully saturated rings. The highest BCUT2D eigenvalue weighted by molar-refractivity contribution is 5.94. The topological polar surface area (TPSA) is 63.3 Å². The number of furan rings is 1. The number of hydrogen-bond acceptors (Lipinski definition) is 4. The van der Waals surface area contributed by atoms with Crippen LogP contribution in [0, 0.1) is 5.82 Å². The molecule has 7 heteroatoms. The maximum absolute atomic E-state index is 13.3. The molecule has 0 saturated heterocycles. The van der Waals surface area contributed by atoms with Crippen LogP contribution in [0.2, 0.25) is 0 Å². The number of likely N-dealkylation sites (N-methyl/N-ethyl adjacent to an activating group) is 1. The Balaban J connectivity index is 1.59. The first-order valence-electron chi connectivity index (χ1n) is 9.89. The van der Waals surface area contributed by atoms with E-state index in [0.717, 1.165) is 48.4 Å². The fraction of sp³-hybridized carbons (Fsp3) is 0.364. The molecule has 0 radical (unpaired) electrons. The van der Waals surface area contributed by atoms with Gasteiger partial charge in [0.2, 0.25) is 0 Å². The monoisotopic (exact) mass is 396 g/mol. The molecule has 1 aliphatic rings. The Labute approximate surface area is 169 Å². The molecule has 1 amide bonds. The van der Waals surface area contributed by atoms with Crippen molar-refractivity contribution in [3.8, 4) is 5.69 Å². The van der Waals surface area contributed by atoms with Crippen molar-refractivity contribution in [3.63, 3.8) is 0 Å². The number of aromatic nitrogens is 2. The van der Waals surface area contributed by atoms with Gasteiger partial charge in [-0.15, -0.1) is 0 Å². The van der Waals surface area contributed by atoms with Gasteiger partial charge in [0.25, 0.3) is 5.91 Å². The van der Waals surface area contributed by atoms with Crippen molar-refractivity contribution in [2.75, 3.05) is 20.6 Å². The van der Waals surface area contributed by atoms with E-state index in [1.54, 1.807) is 23.1 Å². The van der Waals surface area contributed by atoms with E-state index in [9.17, 15) is 9.18 Å². The second-order valence-corrected chi connectivity index (χ2v) is 7.57. The molecule has 1 unspecified atom stereocenters. The maximum atomic E-state index is 13.3. The summed E-state index contributed by atoms with van der Waals surface area (Å²) in [6.07, 6.45) is 5.42. The Hall–Kier alpha value is -2.93. The smallest absolute Gasteiger partial charge is 0.272 e. The van der Waals surface area contributed by atoms with Gasteiger partial charge in [0.05, 0.1) is 18.0 Å². The molecule has 0 bridgehead atoms. The molecule has 1 atom stereocenters. The first-order valence-corrected chi connectivity index (χ1v) is 9.89. The number of nitrogens with zero attached hydrogens (tertiary/aromatic N) is 3. The summed E-state index contributed by atoms with van der Waals surface area (Å²) in [4.78, 5) is 15.0. The third kappa shape index (κ3) is 3.96. The molecule has 4 rings (SSSR count). The molecule has 1 aliphatic carbocycles. The van der Waals surface area contributed by atoms with Gasteiger partial charge in [-0.2, -0.15) is 5.10 Å². The van der Waals surface area contributed by atoms with E-state index in [2.05, 4.69) is 10.4 Å². The first kappa shape index (κ1) is 19.4. The third-order valence-corrected chi connectivity index (χ3v) is 5.42. The highest BCUT2D eigenvalue weighted by atomic mass is 19.1. The van der Waals surface area contributed by atoms with Gasteiger partial charge in [-0.25, -0.2) is 9.07 Å². The molecular weight excluding hydrogens is 371 g/mol. The average molecular weight is 396 g/mol. The number of halogens is 1. The van der Waals surface area contributed by atoms with Gasteiger partial charge in [0, 0.05) is 17.8 Å². The minimum absolute atomic E-state index is 0.0658. The van der Waals surface area contributed by atoms with Gasteiger partial charge in [-0.05, 0) is 76.2 Å². The SMILES string of the molecule is CN(C)C(CNC(=O)c1nn(-c2ccc(F)cc2)c2c1CCCC2)c1ccco1. The molecule has 29 heavy (non-hydrogen) atoms. The lowest BCUT2D eigenvalue weighted by Crippen LogP contribution is -2.35. The van der Waals surface area contributed by atoms with E-state index in [1.165, 1.54) is 12.1 Å². The highest BCUT2D eigenvalue weighted by Crippen LogP contribution is 2.27. The summed E-state index contributed by atoms with van der Waals surface area (Å²) in [6, 6.07) is 9.89. The van der Waals surface area contributed by atoms with Crippen molar-refractivity contribution >= 4 is 5.91 Å². The Morgan fingerprint density at radius 3 is 2.69 bits per heavy atom. The molecule has 1 aromatic carbocycles. The van der Waals surface area contributed by atoms with Crippen LogP contribution in [0.1, 0.15) is 46.4 Å². The number of amides is 1. The molecule has 152 valence electrons. The van der Waals surface area contributed by atoms with Crippen LogP contribution >= 0.6 is 0 Å². The summed E-state index contributed by atoms with van der Waals surface area (Å²) >= 11 is 0. The van der Waals surface area contributed by atoms with Crippen LogP contribution in [0.4, 0.5) is 4.39 Å². The van der Waals surface area contributed by atoms with E-state index < -0.39 is 0 Å². The lowest BCUT2D eigenvalue weighted by molar-refractivity contribution is 0.0932. The summed E-state index contributed by atoms with van der Waals surface area (Å²) in [5, 5.41) is 7.64. The molecule has 0 saturated carbocycles. The summed E-state index contributed by atoms with van der Waals surface area (Å²) in [5.74, 6) is 0.317. The number of carbonyl (C=O) groups excluding carboxylic acids is 1. The number of carbonyl (C=O) groups is 1. The van der Waals surface area contributed by atoms with Crippen LogP contribution < -0.4 is 5.32 Å². The largest absolute Gasteiger partial charge is 0.468 e. The van der Waals surface area contributed by atoms with Crippen molar-refractivity contribution in [1.82, 2.24) is 20.0 Å². The Morgan fingerprint density at radius 2 is 2.00 bits per heavy atom. The van der Waals surface area contributed by atoms with E-state index >= 15 is 0 Å². The minimum Gasteiger partial charge on any atom is -0.468 e. The zero-order valence-electron chi connectivity index (χ0n) is 16.7. The predicted octanol–water partition coefficient (Wildman–Crippen LogP) is 3.52. The third-order valence-electron chi connectivity index (χ3n) is 5.42. The molecule has 0 spiro atoms. The second kappa shape index (κ2) is 8.21. The van der Waals surface area contributed by atoms with Gasteiger partial charge >= 0.3 is 0 Å². The van der Waals surface area contributed by atoms with Gasteiger partial charge in [0.1, 0.15) is 11.6 Å². The van der Waals surface area contributed by atoms with Gasteiger partial charge in [-0.3, -0.25) is 9.69 Å². The van der Waals surface area contributed by atoms with Crippen molar-refractivity contribution in [1.29, 1.82) is 0 Å². The summed E-state index contributed by atoms with van der Waals surface area (Å²) in [5.41, 5.74) is 3.27. The molecular formula is C22H25FN4O2. The van der Waals surface area contributed by atoms with Crippen molar-refractivity contribution in [3.05, 3.63) is 71.2 Å². The van der Waals surface area contributed by atoms with Crippen LogP contribution in [0.5, 0.6) is 0 Å². The number of benzene rings is 1. The summed E-state index contributed by atoms with van der Waals surface area (Å²) in [6.45, 7) is 0.414. The lowest BCUT2D eigenvalue weighted by Gasteiger charge is -2.22. The van der Waals surface area contributed by atoms with E-state index in [-0.39, 0.29) is 17.8 Å². The van der Waals surface area contributed by atoms with Gasteiger partial charge in [-0.1, -0.05) is 0 Å². The van der Waals surface area contributed by atoms with E-state index in [1.807, 2.05) is 31.1 Å². The molecule has 3 aromatic rings. The fourth-order valence-corrected chi connectivity index (χ4v) is 3.87. The fourth-order valence-electron chi connectivity index (χ4n) is 3.87. The van der Waals surface area contributed by atoms with Crippen molar-refractivity contribution in [2.45, 2.75) is 31.7 Å². The van der Waals surface area contributed by atoms with E-state index in [4.69, 9.17) is 4.42 Å². The van der Waals surface area contributed by atoms with Gasteiger partial charge < -0.3 is 9.73 Å². The normalized spacial score (nSPS) is 14.6. The quantitative estimate of drug-likeness (QED) is 0.693. The van der Waals surface area contributed by atoms with Crippen LogP contribution in [-0.2, 0) is 12.8 Å². The van der Waals surface area contributed by atoms with Crippen LogP contribution in [-0.4, -0.2) is 41.2 Å². The Kier molecular flexibility index (Phi) is 5.49. The number of hydrogen-bond donors (Lipinski definition) is 1. The van der Waals surface area contributed by atoms with Crippen molar-refractivity contribution < 1.29 is 13.6 Å². The Morgan fingerprint density at radius 1 is 1.24 bits per heavy atom. The average Bonchev–Trinajstić information content (AvgIpc) is 3.37. The minimum atomic E-state index is -0.291.